The van der Waals surface area contributed by atoms with Crippen LogP contribution >= 0.6 is 22.9 Å². The normalized spacial score (nSPS) is 22.4. The predicted molar refractivity (Wildman–Crippen MR) is 72.6 cm³/mol. The lowest BCUT2D eigenvalue weighted by atomic mass is 9.99. The number of thiophene rings is 1. The molecule has 2 heterocycles. The molecule has 0 saturated carbocycles. The third kappa shape index (κ3) is 3.47. The summed E-state index contributed by atoms with van der Waals surface area (Å²) in [4.78, 5) is 2.64. The Morgan fingerprint density at radius 3 is 3.12 bits per heavy atom. The van der Waals surface area contributed by atoms with Crippen molar-refractivity contribution >= 4 is 22.9 Å². The van der Waals surface area contributed by atoms with E-state index in [1.54, 1.807) is 11.3 Å². The predicted octanol–water partition coefficient (Wildman–Crippen LogP) is 3.77. The van der Waals surface area contributed by atoms with Crippen molar-refractivity contribution in [2.24, 2.45) is 0 Å². The molecule has 1 fully saturated rings. The van der Waals surface area contributed by atoms with E-state index in [0.29, 0.717) is 0 Å². The molecule has 0 N–H and O–H groups in total. The van der Waals surface area contributed by atoms with E-state index in [0.717, 1.165) is 18.3 Å². The first-order valence-corrected chi connectivity index (χ1v) is 7.69. The van der Waals surface area contributed by atoms with E-state index >= 15 is 0 Å². The Hall–Kier alpha value is -0.0500. The molecular weight excluding hydrogens is 238 g/mol. The van der Waals surface area contributed by atoms with Crippen molar-refractivity contribution in [3.8, 4) is 0 Å². The van der Waals surface area contributed by atoms with Gasteiger partial charge in [0.25, 0.3) is 0 Å². The van der Waals surface area contributed by atoms with E-state index in [4.69, 9.17) is 11.6 Å². The minimum Gasteiger partial charge on any atom is -0.300 e. The summed E-state index contributed by atoms with van der Waals surface area (Å²) in [6.45, 7) is 2.48. The van der Waals surface area contributed by atoms with E-state index in [-0.39, 0.29) is 0 Å². The van der Waals surface area contributed by atoms with Gasteiger partial charge >= 0.3 is 0 Å². The first-order chi connectivity index (χ1) is 7.90. The zero-order chi connectivity index (χ0) is 11.2. The number of halogens is 1. The van der Waals surface area contributed by atoms with Crippen molar-refractivity contribution < 1.29 is 0 Å². The van der Waals surface area contributed by atoms with Crippen molar-refractivity contribution in [1.82, 2.24) is 4.90 Å². The van der Waals surface area contributed by atoms with Crippen molar-refractivity contribution in [3.63, 3.8) is 0 Å². The summed E-state index contributed by atoms with van der Waals surface area (Å²) in [6, 6.07) is 2.98. The van der Waals surface area contributed by atoms with Gasteiger partial charge in [-0.05, 0) is 54.6 Å². The Morgan fingerprint density at radius 2 is 2.38 bits per heavy atom. The average molecular weight is 258 g/mol. The summed E-state index contributed by atoms with van der Waals surface area (Å²) < 4.78 is 0. The Morgan fingerprint density at radius 1 is 1.44 bits per heavy atom. The average Bonchev–Trinajstić information content (AvgIpc) is 2.81. The van der Waals surface area contributed by atoms with Crippen LogP contribution in [-0.4, -0.2) is 29.9 Å². The lowest BCUT2D eigenvalue weighted by Gasteiger charge is -2.35. The van der Waals surface area contributed by atoms with Crippen LogP contribution in [0.25, 0.3) is 0 Å². The number of likely N-dealkylation sites (tertiary alicyclic amines) is 1. The highest BCUT2D eigenvalue weighted by Gasteiger charge is 2.21. The lowest BCUT2D eigenvalue weighted by molar-refractivity contribution is 0.146. The maximum Gasteiger partial charge on any atom is 0.0238 e. The van der Waals surface area contributed by atoms with Gasteiger partial charge in [0.1, 0.15) is 0 Å². The summed E-state index contributed by atoms with van der Waals surface area (Å²) in [6.07, 6.45) is 6.45. The first-order valence-electron chi connectivity index (χ1n) is 6.21. The van der Waals surface area contributed by atoms with Gasteiger partial charge in [-0.2, -0.15) is 11.3 Å². The minimum absolute atomic E-state index is 0.741. The standard InChI is InChI=1S/C13H20ClNS/c14-7-4-13-3-1-2-8-15(13)9-5-12-6-10-16-11-12/h6,10-11,13H,1-5,7-9H2. The highest BCUT2D eigenvalue weighted by atomic mass is 35.5. The number of rotatable bonds is 5. The SMILES string of the molecule is ClCCC1CCCCN1CCc1ccsc1. The molecule has 0 radical (unpaired) electrons. The number of hydrogen-bond donors (Lipinski definition) is 0. The smallest absolute Gasteiger partial charge is 0.0238 e. The van der Waals surface area contributed by atoms with Crippen LogP contribution in [0.15, 0.2) is 16.8 Å². The van der Waals surface area contributed by atoms with Crippen LogP contribution in [-0.2, 0) is 6.42 Å². The molecule has 0 bridgehead atoms. The first kappa shape index (κ1) is 12.4. The van der Waals surface area contributed by atoms with Crippen molar-refractivity contribution in [2.45, 2.75) is 38.1 Å². The number of alkyl halides is 1. The molecule has 3 heteroatoms. The van der Waals surface area contributed by atoms with Gasteiger partial charge in [0.2, 0.25) is 0 Å². The molecule has 0 aromatic carbocycles. The van der Waals surface area contributed by atoms with Crippen molar-refractivity contribution in [2.75, 3.05) is 19.0 Å². The molecule has 1 aromatic rings. The fraction of sp³-hybridized carbons (Fsp3) is 0.692. The summed E-state index contributed by atoms with van der Waals surface area (Å²) in [7, 11) is 0. The molecule has 1 aliphatic rings. The molecule has 0 spiro atoms. The minimum atomic E-state index is 0.741. The molecule has 16 heavy (non-hydrogen) atoms. The van der Waals surface area contributed by atoms with Gasteiger partial charge < -0.3 is 4.90 Å². The van der Waals surface area contributed by atoms with Gasteiger partial charge in [0.15, 0.2) is 0 Å². The summed E-state index contributed by atoms with van der Waals surface area (Å²) in [5.74, 6) is 0.805. The zero-order valence-electron chi connectivity index (χ0n) is 9.70. The Labute approximate surface area is 107 Å². The van der Waals surface area contributed by atoms with E-state index < -0.39 is 0 Å². The lowest BCUT2D eigenvalue weighted by Crippen LogP contribution is -2.40. The molecule has 1 aromatic heterocycles. The van der Waals surface area contributed by atoms with Gasteiger partial charge in [0, 0.05) is 18.5 Å². The van der Waals surface area contributed by atoms with Crippen molar-refractivity contribution in [1.29, 1.82) is 0 Å². The van der Waals surface area contributed by atoms with E-state index in [2.05, 4.69) is 21.7 Å². The van der Waals surface area contributed by atoms with Crippen LogP contribution in [0.4, 0.5) is 0 Å². The van der Waals surface area contributed by atoms with Gasteiger partial charge in [0.05, 0.1) is 0 Å². The van der Waals surface area contributed by atoms with Gasteiger partial charge in [-0.15, -0.1) is 11.6 Å². The third-order valence-electron chi connectivity index (χ3n) is 3.46. The van der Waals surface area contributed by atoms with Gasteiger partial charge in [-0.25, -0.2) is 0 Å². The monoisotopic (exact) mass is 257 g/mol. The Kier molecular flexibility index (Phi) is 5.14. The van der Waals surface area contributed by atoms with Crippen LogP contribution in [0.2, 0.25) is 0 Å². The largest absolute Gasteiger partial charge is 0.300 e. The van der Waals surface area contributed by atoms with Crippen LogP contribution < -0.4 is 0 Å². The molecule has 1 nitrogen and oxygen atoms in total. The van der Waals surface area contributed by atoms with Crippen LogP contribution in [0.5, 0.6) is 0 Å². The molecule has 0 aliphatic carbocycles. The van der Waals surface area contributed by atoms with Crippen LogP contribution in [0.3, 0.4) is 0 Å². The highest BCUT2D eigenvalue weighted by Crippen LogP contribution is 2.20. The summed E-state index contributed by atoms with van der Waals surface area (Å²) in [5, 5.41) is 4.43. The highest BCUT2D eigenvalue weighted by molar-refractivity contribution is 7.07. The molecule has 1 saturated heterocycles. The molecule has 1 aliphatic heterocycles. The van der Waals surface area contributed by atoms with E-state index in [1.807, 2.05) is 0 Å². The second kappa shape index (κ2) is 6.63. The molecule has 1 unspecified atom stereocenters. The quantitative estimate of drug-likeness (QED) is 0.726. The molecule has 90 valence electrons. The molecule has 0 amide bonds. The van der Waals surface area contributed by atoms with E-state index in [1.165, 1.54) is 44.3 Å². The molecule has 2 rings (SSSR count). The number of piperidine rings is 1. The van der Waals surface area contributed by atoms with Crippen molar-refractivity contribution in [3.05, 3.63) is 22.4 Å². The van der Waals surface area contributed by atoms with Crippen LogP contribution in [0, 0.1) is 0 Å². The van der Waals surface area contributed by atoms with E-state index in [9.17, 15) is 0 Å². The second-order valence-electron chi connectivity index (χ2n) is 4.54. The summed E-state index contributed by atoms with van der Waals surface area (Å²) >= 11 is 7.67. The fourth-order valence-electron chi connectivity index (χ4n) is 2.51. The fourth-order valence-corrected chi connectivity index (χ4v) is 3.47. The Balaban J connectivity index is 1.81. The van der Waals surface area contributed by atoms with Gasteiger partial charge in [-0.1, -0.05) is 6.42 Å². The summed E-state index contributed by atoms with van der Waals surface area (Å²) in [5.41, 5.74) is 1.49. The van der Waals surface area contributed by atoms with Crippen LogP contribution in [0.1, 0.15) is 31.2 Å². The van der Waals surface area contributed by atoms with Gasteiger partial charge in [-0.3, -0.25) is 0 Å². The Bertz CT molecular complexity index is 284. The maximum absolute atomic E-state index is 5.87. The third-order valence-corrected chi connectivity index (χ3v) is 4.41. The number of nitrogens with zero attached hydrogens (tertiary/aromatic N) is 1. The topological polar surface area (TPSA) is 3.24 Å². The zero-order valence-corrected chi connectivity index (χ0v) is 11.3. The maximum atomic E-state index is 5.87. The molecular formula is C13H20ClNS. The number of hydrogen-bond acceptors (Lipinski definition) is 2. The molecule has 1 atom stereocenters. The second-order valence-corrected chi connectivity index (χ2v) is 5.70.